The van der Waals surface area contributed by atoms with Crippen molar-refractivity contribution in [2.75, 3.05) is 20.2 Å². The predicted molar refractivity (Wildman–Crippen MR) is 98.8 cm³/mol. The third-order valence-corrected chi connectivity index (χ3v) is 5.21. The summed E-state index contributed by atoms with van der Waals surface area (Å²) < 4.78 is 5.36. The zero-order valence-corrected chi connectivity index (χ0v) is 15.9. The highest BCUT2D eigenvalue weighted by atomic mass is 35.5. The minimum atomic E-state index is -0.521. The van der Waals surface area contributed by atoms with Gasteiger partial charge in [0.2, 0.25) is 5.91 Å². The highest BCUT2D eigenvalue weighted by Crippen LogP contribution is 2.18. The maximum absolute atomic E-state index is 13.0. The molecule has 0 spiro atoms. The first-order valence-electron chi connectivity index (χ1n) is 8.84. The number of nitrogens with zero attached hydrogens (tertiary/aromatic N) is 1. The number of nitrogens with one attached hydrogen (secondary N) is 1. The first-order valence-corrected chi connectivity index (χ1v) is 9.22. The number of piperidine rings is 1. The van der Waals surface area contributed by atoms with Gasteiger partial charge < -0.3 is 15.0 Å². The summed E-state index contributed by atoms with van der Waals surface area (Å²) in [6.07, 6.45) is 2.70. The maximum atomic E-state index is 13.0. The Hall–Kier alpha value is -1.59. The fourth-order valence-electron chi connectivity index (χ4n) is 3.02. The average Bonchev–Trinajstić information content (AvgIpc) is 2.65. The Morgan fingerprint density at radius 2 is 1.88 bits per heavy atom. The van der Waals surface area contributed by atoms with Crippen LogP contribution in [0.5, 0.6) is 0 Å². The van der Waals surface area contributed by atoms with E-state index in [0.29, 0.717) is 23.7 Å². The fraction of sp³-hybridized carbons (Fsp3) is 0.579. The van der Waals surface area contributed by atoms with E-state index in [1.807, 2.05) is 18.7 Å². The van der Waals surface area contributed by atoms with Crippen LogP contribution in [-0.2, 0) is 9.53 Å². The van der Waals surface area contributed by atoms with Crippen molar-refractivity contribution in [2.45, 2.75) is 45.3 Å². The van der Waals surface area contributed by atoms with Gasteiger partial charge in [0, 0.05) is 30.8 Å². The molecule has 6 heteroatoms. The lowest BCUT2D eigenvalue weighted by molar-refractivity contribution is -0.136. The van der Waals surface area contributed by atoms with Crippen molar-refractivity contribution in [1.29, 1.82) is 0 Å². The quantitative estimate of drug-likeness (QED) is 0.841. The van der Waals surface area contributed by atoms with E-state index in [1.165, 1.54) is 0 Å². The average molecular weight is 367 g/mol. The summed E-state index contributed by atoms with van der Waals surface area (Å²) in [6.45, 7) is 5.35. The number of halogens is 1. The monoisotopic (exact) mass is 366 g/mol. The molecule has 2 amide bonds. The van der Waals surface area contributed by atoms with Crippen LogP contribution in [0.2, 0.25) is 5.02 Å². The van der Waals surface area contributed by atoms with Gasteiger partial charge in [-0.05, 0) is 43.0 Å². The van der Waals surface area contributed by atoms with E-state index < -0.39 is 6.04 Å². The number of hydrogen-bond donors (Lipinski definition) is 1. The number of ether oxygens (including phenoxy) is 1. The molecule has 0 radical (unpaired) electrons. The van der Waals surface area contributed by atoms with Gasteiger partial charge in [0.1, 0.15) is 6.04 Å². The first kappa shape index (κ1) is 19.7. The molecular formula is C19H27ClN2O3. The van der Waals surface area contributed by atoms with E-state index in [-0.39, 0.29) is 23.8 Å². The molecule has 138 valence electrons. The summed E-state index contributed by atoms with van der Waals surface area (Å²) in [5.41, 5.74) is 0.503. The highest BCUT2D eigenvalue weighted by molar-refractivity contribution is 6.30. The smallest absolute Gasteiger partial charge is 0.251 e. The third-order valence-electron chi connectivity index (χ3n) is 4.96. The van der Waals surface area contributed by atoms with Crippen LogP contribution < -0.4 is 5.32 Å². The van der Waals surface area contributed by atoms with Crippen LogP contribution in [0.15, 0.2) is 24.3 Å². The molecule has 0 bridgehead atoms. The zero-order chi connectivity index (χ0) is 18.4. The Labute approximate surface area is 154 Å². The Morgan fingerprint density at radius 1 is 1.28 bits per heavy atom. The van der Waals surface area contributed by atoms with Gasteiger partial charge in [0.15, 0.2) is 0 Å². The molecule has 1 aliphatic rings. The van der Waals surface area contributed by atoms with Crippen molar-refractivity contribution in [1.82, 2.24) is 10.2 Å². The van der Waals surface area contributed by atoms with Crippen LogP contribution in [0.25, 0.3) is 0 Å². The van der Waals surface area contributed by atoms with Crippen molar-refractivity contribution in [2.24, 2.45) is 5.92 Å². The van der Waals surface area contributed by atoms with Crippen LogP contribution in [0.4, 0.5) is 0 Å². The lowest BCUT2D eigenvalue weighted by atomic mass is 9.96. The number of carbonyl (C=O) groups excluding carboxylic acids is 2. The van der Waals surface area contributed by atoms with Gasteiger partial charge >= 0.3 is 0 Å². The Morgan fingerprint density at radius 3 is 2.40 bits per heavy atom. The van der Waals surface area contributed by atoms with Gasteiger partial charge in [-0.15, -0.1) is 0 Å². The van der Waals surface area contributed by atoms with E-state index >= 15 is 0 Å². The molecule has 1 aromatic carbocycles. The Balaban J connectivity index is 2.06. The molecule has 1 fully saturated rings. The Bertz CT molecular complexity index is 583. The molecule has 1 N–H and O–H groups in total. The topological polar surface area (TPSA) is 58.6 Å². The fourth-order valence-corrected chi connectivity index (χ4v) is 3.14. The third kappa shape index (κ3) is 5.19. The molecule has 0 aliphatic carbocycles. The van der Waals surface area contributed by atoms with E-state index in [2.05, 4.69) is 5.32 Å². The van der Waals surface area contributed by atoms with Gasteiger partial charge in [-0.3, -0.25) is 9.59 Å². The maximum Gasteiger partial charge on any atom is 0.251 e. The van der Waals surface area contributed by atoms with Crippen LogP contribution in [0.3, 0.4) is 0 Å². The Kier molecular flexibility index (Phi) is 7.26. The van der Waals surface area contributed by atoms with Crippen molar-refractivity contribution >= 4 is 23.4 Å². The second kappa shape index (κ2) is 9.20. The molecule has 2 atom stereocenters. The SMILES string of the molecule is CCC(C)C(NC(=O)c1ccc(Cl)cc1)C(=O)N1CCC(OC)CC1. The van der Waals surface area contributed by atoms with E-state index in [1.54, 1.807) is 31.4 Å². The number of methoxy groups -OCH3 is 1. The summed E-state index contributed by atoms with van der Waals surface area (Å²) in [5, 5.41) is 3.50. The molecule has 1 aromatic rings. The lowest BCUT2D eigenvalue weighted by Crippen LogP contribution is -2.53. The largest absolute Gasteiger partial charge is 0.381 e. The standard InChI is InChI=1S/C19H27ClN2O3/c1-4-13(2)17(19(24)22-11-9-16(25-3)10-12-22)21-18(23)14-5-7-15(20)8-6-14/h5-8,13,16-17H,4,9-12H2,1-3H3,(H,21,23). The van der Waals surface area contributed by atoms with Crippen molar-refractivity contribution < 1.29 is 14.3 Å². The number of hydrogen-bond acceptors (Lipinski definition) is 3. The molecule has 2 rings (SSSR count). The summed E-state index contributed by atoms with van der Waals surface area (Å²) in [6, 6.07) is 6.16. The number of carbonyl (C=O) groups is 2. The molecule has 1 aliphatic heterocycles. The second-order valence-corrected chi connectivity index (χ2v) is 7.04. The van der Waals surface area contributed by atoms with Gasteiger partial charge in [-0.25, -0.2) is 0 Å². The minimum Gasteiger partial charge on any atom is -0.381 e. The molecular weight excluding hydrogens is 340 g/mol. The molecule has 1 heterocycles. The molecule has 0 aromatic heterocycles. The number of likely N-dealkylation sites (tertiary alicyclic amines) is 1. The number of amides is 2. The summed E-state index contributed by atoms with van der Waals surface area (Å²) in [7, 11) is 1.70. The molecule has 5 nitrogen and oxygen atoms in total. The summed E-state index contributed by atoms with van der Waals surface area (Å²) in [5.74, 6) is -0.197. The number of rotatable bonds is 6. The van der Waals surface area contributed by atoms with Crippen molar-refractivity contribution in [3.63, 3.8) is 0 Å². The van der Waals surface area contributed by atoms with E-state index in [0.717, 1.165) is 19.3 Å². The molecule has 25 heavy (non-hydrogen) atoms. The first-order chi connectivity index (χ1) is 12.0. The van der Waals surface area contributed by atoms with Crippen LogP contribution >= 0.6 is 11.6 Å². The zero-order valence-electron chi connectivity index (χ0n) is 15.1. The van der Waals surface area contributed by atoms with Gasteiger partial charge in [0.25, 0.3) is 5.91 Å². The predicted octanol–water partition coefficient (Wildman–Crippen LogP) is 3.12. The van der Waals surface area contributed by atoms with Gasteiger partial charge in [0.05, 0.1) is 6.10 Å². The van der Waals surface area contributed by atoms with Gasteiger partial charge in [-0.2, -0.15) is 0 Å². The normalized spacial score (nSPS) is 17.8. The van der Waals surface area contributed by atoms with Crippen molar-refractivity contribution in [3.8, 4) is 0 Å². The highest BCUT2D eigenvalue weighted by Gasteiger charge is 2.32. The second-order valence-electron chi connectivity index (χ2n) is 6.60. The summed E-state index contributed by atoms with van der Waals surface area (Å²) >= 11 is 5.87. The molecule has 0 saturated carbocycles. The van der Waals surface area contributed by atoms with Crippen LogP contribution in [0, 0.1) is 5.92 Å². The number of benzene rings is 1. The molecule has 1 saturated heterocycles. The molecule has 2 unspecified atom stereocenters. The summed E-state index contributed by atoms with van der Waals surface area (Å²) in [4.78, 5) is 27.3. The van der Waals surface area contributed by atoms with Crippen LogP contribution in [-0.4, -0.2) is 49.1 Å². The lowest BCUT2D eigenvalue weighted by Gasteiger charge is -2.35. The van der Waals surface area contributed by atoms with E-state index in [9.17, 15) is 9.59 Å². The van der Waals surface area contributed by atoms with Crippen molar-refractivity contribution in [3.05, 3.63) is 34.9 Å². The minimum absolute atomic E-state index is 0.00813. The van der Waals surface area contributed by atoms with Crippen LogP contribution in [0.1, 0.15) is 43.5 Å². The van der Waals surface area contributed by atoms with E-state index in [4.69, 9.17) is 16.3 Å². The van der Waals surface area contributed by atoms with Gasteiger partial charge in [-0.1, -0.05) is 31.9 Å².